The normalized spacial score (nSPS) is 41.8. The summed E-state index contributed by atoms with van der Waals surface area (Å²) in [5.74, 6) is 0.422. The zero-order valence-electron chi connectivity index (χ0n) is 12.9. The first-order chi connectivity index (χ1) is 11.4. The lowest BCUT2D eigenvalue weighted by atomic mass is 9.83. The first-order valence-electron chi connectivity index (χ1n) is 8.31. The van der Waals surface area contributed by atoms with Gasteiger partial charge in [0.15, 0.2) is 11.0 Å². The molecule has 0 aromatic carbocycles. The van der Waals surface area contributed by atoms with Gasteiger partial charge in [0.25, 0.3) is 0 Å². The standard InChI is InChI=1S/C15H19Cl2F3N4/c16-9-3-6(18)1-2-8(9)12-14(17)23-24-15(12)21-13-10(20)4-7(19)5-11(13)22-24/h6-11,13,21-22H,1-5H2. The van der Waals surface area contributed by atoms with Gasteiger partial charge >= 0.3 is 0 Å². The van der Waals surface area contributed by atoms with Crippen LogP contribution in [0.25, 0.3) is 0 Å². The van der Waals surface area contributed by atoms with Gasteiger partial charge in [-0.3, -0.25) is 0 Å². The zero-order valence-corrected chi connectivity index (χ0v) is 14.4. The van der Waals surface area contributed by atoms with E-state index in [0.717, 1.165) is 0 Å². The Morgan fingerprint density at radius 1 is 1.08 bits per heavy atom. The molecule has 2 fully saturated rings. The van der Waals surface area contributed by atoms with Crippen molar-refractivity contribution in [3.05, 3.63) is 10.7 Å². The molecule has 2 heterocycles. The van der Waals surface area contributed by atoms with Crippen LogP contribution in [-0.2, 0) is 0 Å². The Labute approximate surface area is 148 Å². The van der Waals surface area contributed by atoms with Gasteiger partial charge in [0.2, 0.25) is 0 Å². The molecule has 3 aliphatic rings. The van der Waals surface area contributed by atoms with Crippen molar-refractivity contribution >= 4 is 29.0 Å². The maximum atomic E-state index is 14.3. The number of halogens is 5. The van der Waals surface area contributed by atoms with Crippen LogP contribution in [0.3, 0.4) is 0 Å². The molecule has 0 saturated heterocycles. The van der Waals surface area contributed by atoms with Crippen molar-refractivity contribution in [3.8, 4) is 0 Å². The number of nitrogens with one attached hydrogen (secondary N) is 2. The number of hydrogen-bond acceptors (Lipinski definition) is 3. The SMILES string of the molecule is FC1CCC(c2c(Cl)nn3c2NC2C(F)CC(F)CC2N3)C(Cl)C1. The van der Waals surface area contributed by atoms with Gasteiger partial charge in [0.05, 0.1) is 12.1 Å². The van der Waals surface area contributed by atoms with E-state index in [9.17, 15) is 13.2 Å². The lowest BCUT2D eigenvalue weighted by Crippen LogP contribution is -2.57. The van der Waals surface area contributed by atoms with E-state index in [1.807, 2.05) is 0 Å². The van der Waals surface area contributed by atoms with Crippen LogP contribution in [0.1, 0.15) is 43.6 Å². The summed E-state index contributed by atoms with van der Waals surface area (Å²) < 4.78 is 41.5. The zero-order chi connectivity index (χ0) is 17.0. The van der Waals surface area contributed by atoms with E-state index >= 15 is 0 Å². The molecule has 0 spiro atoms. The van der Waals surface area contributed by atoms with Gasteiger partial charge in [0, 0.05) is 29.7 Å². The molecule has 2 saturated carbocycles. The Hall–Kier alpha value is -0.820. The van der Waals surface area contributed by atoms with E-state index in [0.29, 0.717) is 24.2 Å². The Bertz CT molecular complexity index is 628. The average Bonchev–Trinajstić information content (AvgIpc) is 2.80. The molecule has 24 heavy (non-hydrogen) atoms. The molecule has 1 aliphatic heterocycles. The van der Waals surface area contributed by atoms with Crippen molar-refractivity contribution in [1.29, 1.82) is 0 Å². The van der Waals surface area contributed by atoms with Gasteiger partial charge in [-0.2, -0.15) is 4.79 Å². The Morgan fingerprint density at radius 2 is 1.88 bits per heavy atom. The van der Waals surface area contributed by atoms with E-state index in [1.165, 1.54) is 4.79 Å². The fourth-order valence-electron chi connectivity index (χ4n) is 4.16. The Balaban J connectivity index is 1.65. The molecule has 4 nitrogen and oxygen atoms in total. The van der Waals surface area contributed by atoms with Crippen molar-refractivity contribution in [2.24, 2.45) is 0 Å². The summed E-state index contributed by atoms with van der Waals surface area (Å²) in [6.07, 6.45) is -2.02. The van der Waals surface area contributed by atoms with Crippen molar-refractivity contribution in [3.63, 3.8) is 0 Å². The van der Waals surface area contributed by atoms with E-state index in [1.54, 1.807) is 0 Å². The van der Waals surface area contributed by atoms with Crippen LogP contribution in [0.15, 0.2) is 0 Å². The van der Waals surface area contributed by atoms with Crippen LogP contribution >= 0.6 is 23.2 Å². The molecule has 2 aliphatic carbocycles. The second-order valence-electron chi connectivity index (χ2n) is 6.99. The van der Waals surface area contributed by atoms with Crippen molar-refractivity contribution in [1.82, 2.24) is 9.89 Å². The minimum absolute atomic E-state index is 0.113. The van der Waals surface area contributed by atoms with E-state index in [-0.39, 0.29) is 35.7 Å². The molecule has 4 rings (SSSR count). The fourth-order valence-corrected chi connectivity index (χ4v) is 4.91. The van der Waals surface area contributed by atoms with Crippen molar-refractivity contribution in [2.45, 2.75) is 74.0 Å². The third-order valence-corrected chi connectivity index (χ3v) is 6.12. The average molecular weight is 383 g/mol. The molecule has 1 aromatic heterocycles. The summed E-state index contributed by atoms with van der Waals surface area (Å²) in [6, 6.07) is -0.934. The Morgan fingerprint density at radius 3 is 2.62 bits per heavy atom. The molecule has 1 aromatic rings. The summed E-state index contributed by atoms with van der Waals surface area (Å²) in [5, 5.41) is 7.26. The minimum atomic E-state index is -1.30. The minimum Gasteiger partial charge on any atom is -0.361 e. The number of hydrogen-bond donors (Lipinski definition) is 2. The molecular formula is C15H19Cl2F3N4. The third kappa shape index (κ3) is 2.73. The second kappa shape index (κ2) is 6.16. The van der Waals surface area contributed by atoms with Gasteiger partial charge in [-0.1, -0.05) is 11.6 Å². The lowest BCUT2D eigenvalue weighted by molar-refractivity contribution is 0.127. The smallest absolute Gasteiger partial charge is 0.158 e. The summed E-state index contributed by atoms with van der Waals surface area (Å²) in [5.41, 5.74) is 3.74. The van der Waals surface area contributed by atoms with Crippen LogP contribution in [0, 0.1) is 0 Å². The number of fused-ring (bicyclic) bond motifs is 2. The predicted octanol–water partition coefficient (Wildman–Crippen LogP) is 3.93. The van der Waals surface area contributed by atoms with Crippen LogP contribution in [-0.4, -0.2) is 45.9 Å². The summed E-state index contributed by atoms with van der Waals surface area (Å²) in [6.45, 7) is 0. The van der Waals surface area contributed by atoms with Gasteiger partial charge in [-0.15, -0.1) is 16.7 Å². The molecule has 0 radical (unpaired) electrons. The van der Waals surface area contributed by atoms with E-state index in [4.69, 9.17) is 23.2 Å². The molecule has 7 unspecified atom stereocenters. The highest BCUT2D eigenvalue weighted by Gasteiger charge is 2.44. The maximum absolute atomic E-state index is 14.3. The number of nitrogens with zero attached hydrogens (tertiary/aromatic N) is 2. The molecular weight excluding hydrogens is 364 g/mol. The van der Waals surface area contributed by atoms with Gasteiger partial charge < -0.3 is 10.7 Å². The van der Waals surface area contributed by atoms with Crippen LogP contribution < -0.4 is 10.7 Å². The molecule has 7 atom stereocenters. The van der Waals surface area contributed by atoms with Crippen LogP contribution in [0.4, 0.5) is 19.0 Å². The highest BCUT2D eigenvalue weighted by molar-refractivity contribution is 6.31. The molecule has 134 valence electrons. The number of rotatable bonds is 1. The summed E-state index contributed by atoms with van der Waals surface area (Å²) in [4.78, 5) is 1.45. The molecule has 0 bridgehead atoms. The molecule has 2 N–H and O–H groups in total. The fraction of sp³-hybridized carbons (Fsp3) is 0.800. The first kappa shape index (κ1) is 16.6. The Kier molecular flexibility index (Phi) is 4.27. The number of anilines is 1. The van der Waals surface area contributed by atoms with E-state index in [2.05, 4.69) is 15.8 Å². The highest BCUT2D eigenvalue weighted by Crippen LogP contribution is 2.45. The summed E-state index contributed by atoms with van der Waals surface area (Å²) in [7, 11) is 0. The van der Waals surface area contributed by atoms with E-state index < -0.39 is 30.6 Å². The van der Waals surface area contributed by atoms with Crippen molar-refractivity contribution in [2.75, 3.05) is 10.7 Å². The van der Waals surface area contributed by atoms with Gasteiger partial charge in [0.1, 0.15) is 18.5 Å². The van der Waals surface area contributed by atoms with Gasteiger partial charge in [-0.25, -0.2) is 13.2 Å². The predicted molar refractivity (Wildman–Crippen MR) is 88.0 cm³/mol. The monoisotopic (exact) mass is 382 g/mol. The van der Waals surface area contributed by atoms with Crippen LogP contribution in [0.5, 0.6) is 0 Å². The van der Waals surface area contributed by atoms with Gasteiger partial charge in [-0.05, 0) is 19.3 Å². The van der Waals surface area contributed by atoms with Crippen molar-refractivity contribution < 1.29 is 13.2 Å². The maximum Gasteiger partial charge on any atom is 0.158 e. The number of alkyl halides is 4. The number of aromatic nitrogens is 2. The second-order valence-corrected chi connectivity index (χ2v) is 7.91. The first-order valence-corrected chi connectivity index (χ1v) is 9.13. The summed E-state index contributed by atoms with van der Waals surface area (Å²) >= 11 is 12.7. The van der Waals surface area contributed by atoms with Crippen LogP contribution in [0.2, 0.25) is 5.15 Å². The largest absolute Gasteiger partial charge is 0.361 e. The third-order valence-electron chi connectivity index (χ3n) is 5.36. The molecule has 9 heteroatoms. The topological polar surface area (TPSA) is 41.9 Å². The molecule has 0 amide bonds. The highest BCUT2D eigenvalue weighted by atomic mass is 35.5. The lowest BCUT2D eigenvalue weighted by Gasteiger charge is -2.41. The quantitative estimate of drug-likeness (QED) is 0.723.